The molecule has 0 aliphatic heterocycles. The van der Waals surface area contributed by atoms with Crippen LogP contribution in [0.5, 0.6) is 0 Å². The zero-order chi connectivity index (χ0) is 20.1. The molecule has 6 nitrogen and oxygen atoms in total. The van der Waals surface area contributed by atoms with Crippen molar-refractivity contribution in [2.75, 3.05) is 5.32 Å². The van der Waals surface area contributed by atoms with Gasteiger partial charge in [-0.2, -0.15) is 0 Å². The minimum Gasteiger partial charge on any atom is -0.321 e. The predicted molar refractivity (Wildman–Crippen MR) is 109 cm³/mol. The van der Waals surface area contributed by atoms with Gasteiger partial charge in [-0.25, -0.2) is 13.1 Å². The molecule has 0 aliphatic carbocycles. The molecule has 1 heterocycles. The third-order valence-corrected chi connectivity index (χ3v) is 5.99. The topological polar surface area (TPSA) is 88.2 Å². The van der Waals surface area contributed by atoms with Crippen molar-refractivity contribution >= 4 is 21.6 Å². The molecule has 0 unspecified atom stereocenters. The van der Waals surface area contributed by atoms with Crippen LogP contribution in [-0.4, -0.2) is 19.3 Å². The molecule has 28 heavy (non-hydrogen) atoms. The van der Waals surface area contributed by atoms with E-state index in [0.717, 1.165) is 16.7 Å². The van der Waals surface area contributed by atoms with Crippen molar-refractivity contribution in [3.05, 3.63) is 89.2 Å². The van der Waals surface area contributed by atoms with Crippen LogP contribution in [0.4, 0.5) is 5.69 Å². The molecule has 144 valence electrons. The Morgan fingerprint density at radius 3 is 2.43 bits per heavy atom. The number of nitrogens with zero attached hydrogens (tertiary/aromatic N) is 1. The average molecular weight is 395 g/mol. The maximum atomic E-state index is 12.6. The Bertz CT molecular complexity index is 1080. The number of hydrogen-bond donors (Lipinski definition) is 2. The molecule has 0 bridgehead atoms. The zero-order valence-corrected chi connectivity index (χ0v) is 16.5. The lowest BCUT2D eigenvalue weighted by Gasteiger charge is -2.11. The highest BCUT2D eigenvalue weighted by atomic mass is 32.2. The molecule has 0 saturated carbocycles. The average Bonchev–Trinajstić information content (AvgIpc) is 2.69. The van der Waals surface area contributed by atoms with Crippen LogP contribution in [0.2, 0.25) is 0 Å². The number of carbonyl (C=O) groups excluding carboxylic acids is 1. The first-order chi connectivity index (χ1) is 13.4. The van der Waals surface area contributed by atoms with E-state index in [4.69, 9.17) is 0 Å². The molecule has 0 aliphatic rings. The fourth-order valence-corrected chi connectivity index (χ4v) is 4.02. The van der Waals surface area contributed by atoms with Crippen molar-refractivity contribution in [2.45, 2.75) is 25.3 Å². The fraction of sp³-hybridized carbons (Fsp3) is 0.143. The van der Waals surface area contributed by atoms with Gasteiger partial charge >= 0.3 is 0 Å². The van der Waals surface area contributed by atoms with Gasteiger partial charge in [-0.15, -0.1) is 0 Å². The summed E-state index contributed by atoms with van der Waals surface area (Å²) in [7, 11) is -3.62. The number of carbonyl (C=O) groups is 1. The largest absolute Gasteiger partial charge is 0.321 e. The number of benzene rings is 2. The lowest BCUT2D eigenvalue weighted by molar-refractivity contribution is 0.102. The van der Waals surface area contributed by atoms with Gasteiger partial charge in [0.1, 0.15) is 0 Å². The maximum absolute atomic E-state index is 12.6. The van der Waals surface area contributed by atoms with E-state index < -0.39 is 10.0 Å². The van der Waals surface area contributed by atoms with Crippen LogP contribution in [0.25, 0.3) is 0 Å². The second-order valence-electron chi connectivity index (χ2n) is 6.42. The molecule has 0 atom stereocenters. The molecule has 0 radical (unpaired) electrons. The first-order valence-electron chi connectivity index (χ1n) is 8.73. The highest BCUT2D eigenvalue weighted by molar-refractivity contribution is 7.89. The summed E-state index contributed by atoms with van der Waals surface area (Å²) >= 11 is 0. The van der Waals surface area contributed by atoms with Crippen molar-refractivity contribution in [3.63, 3.8) is 0 Å². The number of sulfonamides is 1. The lowest BCUT2D eigenvalue weighted by Crippen LogP contribution is -2.24. The Labute approximate surface area is 164 Å². The summed E-state index contributed by atoms with van der Waals surface area (Å²) in [6.45, 7) is 3.81. The van der Waals surface area contributed by atoms with Crippen molar-refractivity contribution < 1.29 is 13.2 Å². The molecule has 0 saturated heterocycles. The van der Waals surface area contributed by atoms with Gasteiger partial charge in [-0.3, -0.25) is 9.78 Å². The van der Waals surface area contributed by atoms with E-state index in [1.54, 1.807) is 67.8 Å². The SMILES string of the molecule is Cc1cccc(S(=O)(=O)NCc2ccc(C(=O)Nc3cccnc3)cc2)c1C. The van der Waals surface area contributed by atoms with Gasteiger partial charge in [0.05, 0.1) is 16.8 Å². The fourth-order valence-electron chi connectivity index (χ4n) is 2.69. The summed E-state index contributed by atoms with van der Waals surface area (Å²) in [5.41, 5.74) is 3.50. The van der Waals surface area contributed by atoms with Gasteiger partial charge in [-0.05, 0) is 60.9 Å². The van der Waals surface area contributed by atoms with Gasteiger partial charge in [0.2, 0.25) is 10.0 Å². The summed E-state index contributed by atoms with van der Waals surface area (Å²) < 4.78 is 27.8. The highest BCUT2D eigenvalue weighted by Gasteiger charge is 2.17. The normalized spacial score (nSPS) is 11.2. The van der Waals surface area contributed by atoms with Crippen molar-refractivity contribution in [3.8, 4) is 0 Å². The van der Waals surface area contributed by atoms with Gasteiger partial charge in [-0.1, -0.05) is 24.3 Å². The Morgan fingerprint density at radius 1 is 1.00 bits per heavy atom. The minimum atomic E-state index is -3.62. The minimum absolute atomic E-state index is 0.139. The molecular weight excluding hydrogens is 374 g/mol. The van der Waals surface area contributed by atoms with Crippen LogP contribution in [-0.2, 0) is 16.6 Å². The van der Waals surface area contributed by atoms with Crippen LogP contribution in [0.15, 0.2) is 71.9 Å². The van der Waals surface area contributed by atoms with Crippen LogP contribution < -0.4 is 10.0 Å². The Balaban J connectivity index is 1.66. The second kappa shape index (κ2) is 8.33. The van der Waals surface area contributed by atoms with Gasteiger partial charge in [0.15, 0.2) is 0 Å². The molecule has 0 fully saturated rings. The van der Waals surface area contributed by atoms with Crippen LogP contribution in [0.1, 0.15) is 27.0 Å². The molecule has 3 aromatic rings. The van der Waals surface area contributed by atoms with E-state index in [2.05, 4.69) is 15.0 Å². The molecule has 1 aromatic heterocycles. The maximum Gasteiger partial charge on any atom is 0.255 e. The Hall–Kier alpha value is -3.03. The molecule has 3 rings (SSSR count). The monoisotopic (exact) mass is 395 g/mol. The predicted octanol–water partition coefficient (Wildman–Crippen LogP) is 3.43. The van der Waals surface area contributed by atoms with Gasteiger partial charge in [0, 0.05) is 18.3 Å². The van der Waals surface area contributed by atoms with Gasteiger partial charge in [0.25, 0.3) is 5.91 Å². The van der Waals surface area contributed by atoms with E-state index in [0.29, 0.717) is 11.3 Å². The summed E-state index contributed by atoms with van der Waals surface area (Å²) in [5, 5.41) is 2.75. The van der Waals surface area contributed by atoms with E-state index >= 15 is 0 Å². The first kappa shape index (κ1) is 19.7. The summed E-state index contributed by atoms with van der Waals surface area (Å²) in [6, 6.07) is 15.5. The van der Waals surface area contributed by atoms with E-state index in [-0.39, 0.29) is 17.3 Å². The van der Waals surface area contributed by atoms with E-state index in [1.165, 1.54) is 0 Å². The third-order valence-electron chi connectivity index (χ3n) is 4.45. The second-order valence-corrected chi connectivity index (χ2v) is 8.15. The van der Waals surface area contributed by atoms with Crippen LogP contribution in [0, 0.1) is 13.8 Å². The number of anilines is 1. The van der Waals surface area contributed by atoms with Gasteiger partial charge < -0.3 is 5.32 Å². The number of pyridine rings is 1. The number of rotatable bonds is 6. The molecule has 2 N–H and O–H groups in total. The van der Waals surface area contributed by atoms with Crippen molar-refractivity contribution in [2.24, 2.45) is 0 Å². The zero-order valence-electron chi connectivity index (χ0n) is 15.6. The number of aryl methyl sites for hydroxylation is 1. The lowest BCUT2D eigenvalue weighted by atomic mass is 10.1. The summed E-state index contributed by atoms with van der Waals surface area (Å²) in [4.78, 5) is 16.5. The number of amides is 1. The number of nitrogens with one attached hydrogen (secondary N) is 2. The summed E-state index contributed by atoms with van der Waals surface area (Å²) in [6.07, 6.45) is 3.19. The third kappa shape index (κ3) is 4.62. The molecule has 0 spiro atoms. The highest BCUT2D eigenvalue weighted by Crippen LogP contribution is 2.18. The standard InChI is InChI=1S/C21H21N3O3S/c1-15-5-3-7-20(16(15)2)28(26,27)23-13-17-8-10-18(11-9-17)21(25)24-19-6-4-12-22-14-19/h3-12,14,23H,13H2,1-2H3,(H,24,25). The number of aromatic nitrogens is 1. The van der Waals surface area contributed by atoms with Crippen molar-refractivity contribution in [1.82, 2.24) is 9.71 Å². The Morgan fingerprint density at radius 2 is 1.75 bits per heavy atom. The molecular formula is C21H21N3O3S. The van der Waals surface area contributed by atoms with Crippen molar-refractivity contribution in [1.29, 1.82) is 0 Å². The molecule has 2 aromatic carbocycles. The first-order valence-corrected chi connectivity index (χ1v) is 10.2. The van der Waals surface area contributed by atoms with E-state index in [9.17, 15) is 13.2 Å². The smallest absolute Gasteiger partial charge is 0.255 e. The van der Waals surface area contributed by atoms with Crippen LogP contribution >= 0.6 is 0 Å². The molecule has 1 amide bonds. The quantitative estimate of drug-likeness (QED) is 0.669. The summed E-state index contributed by atoms with van der Waals surface area (Å²) in [5.74, 6) is -0.254. The Kier molecular flexibility index (Phi) is 5.87. The van der Waals surface area contributed by atoms with Crippen LogP contribution in [0.3, 0.4) is 0 Å². The molecule has 7 heteroatoms. The number of hydrogen-bond acceptors (Lipinski definition) is 4. The van der Waals surface area contributed by atoms with E-state index in [1.807, 2.05) is 13.0 Å².